The van der Waals surface area contributed by atoms with Crippen molar-refractivity contribution in [3.8, 4) is 16.9 Å². The first-order valence-corrected chi connectivity index (χ1v) is 6.04. The van der Waals surface area contributed by atoms with Gasteiger partial charge in [0.25, 0.3) is 0 Å². The summed E-state index contributed by atoms with van der Waals surface area (Å²) in [5.41, 5.74) is 4.31. The van der Waals surface area contributed by atoms with Crippen LogP contribution in [0.25, 0.3) is 22.2 Å². The van der Waals surface area contributed by atoms with Crippen molar-refractivity contribution in [3.05, 3.63) is 47.2 Å². The Morgan fingerprint density at radius 1 is 1.00 bits per heavy atom. The van der Waals surface area contributed by atoms with Gasteiger partial charge in [-0.1, -0.05) is 24.3 Å². The molecular weight excluding hydrogens is 244 g/mol. The van der Waals surface area contributed by atoms with Crippen LogP contribution in [-0.4, -0.2) is 17.1 Å². The van der Waals surface area contributed by atoms with Crippen molar-refractivity contribution in [2.45, 2.75) is 0 Å². The van der Waals surface area contributed by atoms with E-state index >= 15 is 0 Å². The van der Waals surface area contributed by atoms with Gasteiger partial charge in [-0.2, -0.15) is 0 Å². The lowest BCUT2D eigenvalue weighted by Crippen LogP contribution is -1.83. The molecule has 0 saturated carbocycles. The minimum Gasteiger partial charge on any atom is -0.497 e. The molecule has 1 aromatic heterocycles. The Kier molecular flexibility index (Phi) is 2.64. The number of methoxy groups -OCH3 is 1. The smallest absolute Gasteiger partial charge is 0.175 e. The van der Waals surface area contributed by atoms with E-state index < -0.39 is 0 Å². The van der Waals surface area contributed by atoms with Gasteiger partial charge in [0.2, 0.25) is 0 Å². The summed E-state index contributed by atoms with van der Waals surface area (Å²) in [6.45, 7) is 0. The van der Waals surface area contributed by atoms with Crippen LogP contribution in [0.5, 0.6) is 5.75 Å². The normalized spacial score (nSPS) is 10.7. The summed E-state index contributed by atoms with van der Waals surface area (Å²) < 4.78 is 5.81. The Bertz CT molecular complexity index is 740. The molecule has 0 saturated heterocycles. The number of para-hydroxylation sites is 1. The number of fused-ring (bicyclic) bond motifs is 1. The van der Waals surface area contributed by atoms with E-state index in [0.717, 1.165) is 27.9 Å². The number of rotatable bonds is 2. The Hall–Kier alpha value is -2.07. The van der Waals surface area contributed by atoms with Gasteiger partial charge in [0.15, 0.2) is 4.77 Å². The van der Waals surface area contributed by atoms with Crippen molar-refractivity contribution in [3.63, 3.8) is 0 Å². The number of aromatic amines is 2. The van der Waals surface area contributed by atoms with Gasteiger partial charge < -0.3 is 14.7 Å². The minimum atomic E-state index is 0.644. The Morgan fingerprint density at radius 3 is 2.50 bits per heavy atom. The molecule has 0 amide bonds. The fraction of sp³-hybridized carbons (Fsp3) is 0.0714. The summed E-state index contributed by atoms with van der Waals surface area (Å²) in [6, 6.07) is 14.1. The Labute approximate surface area is 109 Å². The zero-order chi connectivity index (χ0) is 12.5. The molecule has 1 heterocycles. The second-order valence-corrected chi connectivity index (χ2v) is 4.44. The van der Waals surface area contributed by atoms with E-state index in [0.29, 0.717) is 4.77 Å². The molecule has 18 heavy (non-hydrogen) atoms. The lowest BCUT2D eigenvalue weighted by atomic mass is 10.0. The zero-order valence-electron chi connectivity index (χ0n) is 9.86. The molecule has 0 spiro atoms. The molecule has 0 aliphatic heterocycles. The molecule has 0 aliphatic rings. The molecule has 4 heteroatoms. The molecule has 0 aliphatic carbocycles. The number of hydrogen-bond acceptors (Lipinski definition) is 2. The number of imidazole rings is 1. The van der Waals surface area contributed by atoms with Crippen LogP contribution in [0.4, 0.5) is 0 Å². The number of ether oxygens (including phenoxy) is 1. The fourth-order valence-electron chi connectivity index (χ4n) is 2.07. The van der Waals surface area contributed by atoms with Gasteiger partial charge in [0.05, 0.1) is 18.1 Å². The molecule has 0 radical (unpaired) electrons. The summed E-state index contributed by atoms with van der Waals surface area (Å²) in [6.07, 6.45) is 0. The topological polar surface area (TPSA) is 40.8 Å². The van der Waals surface area contributed by atoms with E-state index in [1.807, 2.05) is 36.4 Å². The quantitative estimate of drug-likeness (QED) is 0.683. The molecule has 3 nitrogen and oxygen atoms in total. The van der Waals surface area contributed by atoms with E-state index in [9.17, 15) is 0 Å². The molecule has 0 atom stereocenters. The van der Waals surface area contributed by atoms with E-state index in [1.54, 1.807) is 7.11 Å². The second kappa shape index (κ2) is 4.31. The van der Waals surface area contributed by atoms with Gasteiger partial charge in [-0.25, -0.2) is 0 Å². The zero-order valence-corrected chi connectivity index (χ0v) is 10.7. The van der Waals surface area contributed by atoms with Crippen molar-refractivity contribution < 1.29 is 4.74 Å². The summed E-state index contributed by atoms with van der Waals surface area (Å²) in [5.74, 6) is 0.855. The average Bonchev–Trinajstić information content (AvgIpc) is 2.79. The van der Waals surface area contributed by atoms with Crippen LogP contribution < -0.4 is 4.74 Å². The van der Waals surface area contributed by atoms with Gasteiger partial charge in [0.1, 0.15) is 5.75 Å². The van der Waals surface area contributed by atoms with Crippen molar-refractivity contribution in [1.82, 2.24) is 9.97 Å². The summed E-state index contributed by atoms with van der Waals surface area (Å²) in [7, 11) is 1.67. The number of H-pyrrole nitrogens is 2. The maximum atomic E-state index is 5.17. The SMILES string of the molecule is COc1ccc(-c2cccc3[nH]c(=S)[nH]c23)cc1. The standard InChI is InChI=1S/C14H12N2OS/c1-17-10-7-5-9(6-8-10)11-3-2-4-12-13(11)16-14(18)15-12/h2-8H,1H3,(H2,15,16,18). The molecule has 3 aromatic rings. The molecule has 0 bridgehead atoms. The molecular formula is C14H12N2OS. The lowest BCUT2D eigenvalue weighted by Gasteiger charge is -2.04. The summed E-state index contributed by atoms with van der Waals surface area (Å²) in [4.78, 5) is 6.31. The van der Waals surface area contributed by atoms with Crippen molar-refractivity contribution >= 4 is 23.3 Å². The largest absolute Gasteiger partial charge is 0.497 e. The molecule has 0 fully saturated rings. The first-order chi connectivity index (χ1) is 8.78. The van der Waals surface area contributed by atoms with Gasteiger partial charge in [0, 0.05) is 5.56 Å². The summed E-state index contributed by atoms with van der Waals surface area (Å²) in [5, 5.41) is 0. The molecule has 2 N–H and O–H groups in total. The maximum Gasteiger partial charge on any atom is 0.175 e. The first kappa shape index (κ1) is 11.0. The van der Waals surface area contributed by atoms with Crippen molar-refractivity contribution in [1.29, 1.82) is 0 Å². The van der Waals surface area contributed by atoms with Crippen LogP contribution in [0.3, 0.4) is 0 Å². The van der Waals surface area contributed by atoms with Crippen LogP contribution in [0.15, 0.2) is 42.5 Å². The van der Waals surface area contributed by atoms with Gasteiger partial charge in [-0.05, 0) is 36.0 Å². The van der Waals surface area contributed by atoms with Crippen LogP contribution in [0, 0.1) is 4.77 Å². The van der Waals surface area contributed by atoms with Crippen LogP contribution in [0.2, 0.25) is 0 Å². The van der Waals surface area contributed by atoms with Gasteiger partial charge in [-0.15, -0.1) is 0 Å². The number of hydrogen-bond donors (Lipinski definition) is 2. The van der Waals surface area contributed by atoms with Crippen LogP contribution in [0.1, 0.15) is 0 Å². The van der Waals surface area contributed by atoms with E-state index in [1.165, 1.54) is 0 Å². The van der Waals surface area contributed by atoms with Crippen LogP contribution >= 0.6 is 12.2 Å². The first-order valence-electron chi connectivity index (χ1n) is 5.63. The summed E-state index contributed by atoms with van der Waals surface area (Å²) >= 11 is 5.13. The minimum absolute atomic E-state index is 0.644. The monoisotopic (exact) mass is 256 g/mol. The highest BCUT2D eigenvalue weighted by Crippen LogP contribution is 2.28. The fourth-order valence-corrected chi connectivity index (χ4v) is 2.28. The highest BCUT2D eigenvalue weighted by molar-refractivity contribution is 7.71. The molecule has 90 valence electrons. The third-order valence-corrected chi connectivity index (χ3v) is 3.16. The maximum absolute atomic E-state index is 5.17. The number of aromatic nitrogens is 2. The lowest BCUT2D eigenvalue weighted by molar-refractivity contribution is 0.415. The predicted octanol–water partition coefficient (Wildman–Crippen LogP) is 3.90. The number of benzene rings is 2. The Balaban J connectivity index is 2.20. The van der Waals surface area contributed by atoms with E-state index in [-0.39, 0.29) is 0 Å². The third-order valence-electron chi connectivity index (χ3n) is 2.95. The van der Waals surface area contributed by atoms with E-state index in [4.69, 9.17) is 17.0 Å². The average molecular weight is 256 g/mol. The van der Waals surface area contributed by atoms with Gasteiger partial charge >= 0.3 is 0 Å². The molecule has 0 unspecified atom stereocenters. The second-order valence-electron chi connectivity index (χ2n) is 4.04. The predicted molar refractivity (Wildman–Crippen MR) is 75.5 cm³/mol. The molecule has 2 aromatic carbocycles. The van der Waals surface area contributed by atoms with Gasteiger partial charge in [-0.3, -0.25) is 0 Å². The van der Waals surface area contributed by atoms with Crippen LogP contribution in [-0.2, 0) is 0 Å². The molecule has 3 rings (SSSR count). The third kappa shape index (κ3) is 1.80. The highest BCUT2D eigenvalue weighted by Gasteiger charge is 2.05. The van der Waals surface area contributed by atoms with Crippen molar-refractivity contribution in [2.24, 2.45) is 0 Å². The Morgan fingerprint density at radius 2 is 1.78 bits per heavy atom. The van der Waals surface area contributed by atoms with E-state index in [2.05, 4.69) is 16.0 Å². The van der Waals surface area contributed by atoms with Crippen molar-refractivity contribution in [2.75, 3.05) is 7.11 Å². The number of nitrogens with one attached hydrogen (secondary N) is 2. The highest BCUT2D eigenvalue weighted by atomic mass is 32.1.